The van der Waals surface area contributed by atoms with Gasteiger partial charge in [-0.1, -0.05) is 0 Å². The molecular formula is C16H25NO4. The Morgan fingerprint density at radius 1 is 1.19 bits per heavy atom. The van der Waals surface area contributed by atoms with Crippen molar-refractivity contribution in [1.82, 2.24) is 4.90 Å². The highest BCUT2D eigenvalue weighted by Gasteiger charge is 2.16. The maximum absolute atomic E-state index is 12.1. The van der Waals surface area contributed by atoms with Gasteiger partial charge in [-0.2, -0.15) is 0 Å². The molecule has 1 N–H and O–H groups in total. The van der Waals surface area contributed by atoms with Crippen molar-refractivity contribution in [3.05, 3.63) is 24.3 Å². The molecule has 0 atom stereocenters. The standard InChI is InChI=1S/C16H25NO4/c1-4-20-14-6-8-15(9-7-14)21-12-16(19)17(13(2)3)10-5-11-18/h6-9,13,18H,4-5,10-12H2,1-3H3. The van der Waals surface area contributed by atoms with Crippen molar-refractivity contribution in [3.8, 4) is 11.5 Å². The van der Waals surface area contributed by atoms with Gasteiger partial charge in [0.25, 0.3) is 5.91 Å². The molecule has 0 aliphatic heterocycles. The molecule has 5 heteroatoms. The highest BCUT2D eigenvalue weighted by molar-refractivity contribution is 5.78. The lowest BCUT2D eigenvalue weighted by Gasteiger charge is -2.26. The van der Waals surface area contributed by atoms with Crippen LogP contribution < -0.4 is 9.47 Å². The average Bonchev–Trinajstić information content (AvgIpc) is 2.47. The number of carbonyl (C=O) groups is 1. The Hall–Kier alpha value is -1.75. The molecule has 0 saturated heterocycles. The van der Waals surface area contributed by atoms with Crippen LogP contribution in [0.4, 0.5) is 0 Å². The smallest absolute Gasteiger partial charge is 0.260 e. The van der Waals surface area contributed by atoms with Crippen LogP contribution in [0.2, 0.25) is 0 Å². The summed E-state index contributed by atoms with van der Waals surface area (Å²) in [6, 6.07) is 7.29. The van der Waals surface area contributed by atoms with Crippen LogP contribution in [-0.2, 0) is 4.79 Å². The second-order valence-corrected chi connectivity index (χ2v) is 4.95. The molecule has 1 rings (SSSR count). The number of rotatable bonds is 9. The normalized spacial score (nSPS) is 10.5. The highest BCUT2D eigenvalue weighted by atomic mass is 16.5. The maximum Gasteiger partial charge on any atom is 0.260 e. The Morgan fingerprint density at radius 2 is 1.76 bits per heavy atom. The van der Waals surface area contributed by atoms with Gasteiger partial charge in [-0.05, 0) is 51.5 Å². The fourth-order valence-electron chi connectivity index (χ4n) is 1.94. The van der Waals surface area contributed by atoms with Crippen LogP contribution in [0.1, 0.15) is 27.2 Å². The third-order valence-electron chi connectivity index (χ3n) is 3.00. The number of aliphatic hydroxyl groups excluding tert-OH is 1. The fraction of sp³-hybridized carbons (Fsp3) is 0.562. The predicted molar refractivity (Wildman–Crippen MR) is 81.7 cm³/mol. The Balaban J connectivity index is 2.50. The zero-order valence-electron chi connectivity index (χ0n) is 13.0. The predicted octanol–water partition coefficient (Wildman–Crippen LogP) is 2.08. The van der Waals surface area contributed by atoms with E-state index in [9.17, 15) is 4.79 Å². The van der Waals surface area contributed by atoms with E-state index in [4.69, 9.17) is 14.6 Å². The number of aliphatic hydroxyl groups is 1. The summed E-state index contributed by atoms with van der Waals surface area (Å²) >= 11 is 0. The van der Waals surface area contributed by atoms with Crippen LogP contribution in [0, 0.1) is 0 Å². The van der Waals surface area contributed by atoms with Crippen molar-refractivity contribution >= 4 is 5.91 Å². The Labute approximate surface area is 126 Å². The second-order valence-electron chi connectivity index (χ2n) is 4.95. The highest BCUT2D eigenvalue weighted by Crippen LogP contribution is 2.17. The monoisotopic (exact) mass is 295 g/mol. The van der Waals surface area contributed by atoms with Gasteiger partial charge >= 0.3 is 0 Å². The van der Waals surface area contributed by atoms with Gasteiger partial charge in [-0.15, -0.1) is 0 Å². The SMILES string of the molecule is CCOc1ccc(OCC(=O)N(CCCO)C(C)C)cc1. The van der Waals surface area contributed by atoms with Crippen LogP contribution in [0.25, 0.3) is 0 Å². The lowest BCUT2D eigenvalue weighted by molar-refractivity contribution is -0.135. The first-order chi connectivity index (χ1) is 10.1. The van der Waals surface area contributed by atoms with E-state index in [1.54, 1.807) is 17.0 Å². The molecule has 1 amide bonds. The zero-order chi connectivity index (χ0) is 15.7. The number of ether oxygens (including phenoxy) is 2. The van der Waals surface area contributed by atoms with Crippen molar-refractivity contribution in [1.29, 1.82) is 0 Å². The van der Waals surface area contributed by atoms with E-state index >= 15 is 0 Å². The number of nitrogens with zero attached hydrogens (tertiary/aromatic N) is 1. The number of hydrogen-bond donors (Lipinski definition) is 1. The molecule has 0 aliphatic rings. The Bertz CT molecular complexity index is 417. The van der Waals surface area contributed by atoms with Gasteiger partial charge in [0.2, 0.25) is 0 Å². The minimum absolute atomic E-state index is 0.00239. The van der Waals surface area contributed by atoms with Crippen LogP contribution in [-0.4, -0.2) is 48.3 Å². The molecule has 5 nitrogen and oxygen atoms in total. The molecule has 0 bridgehead atoms. The Kier molecular flexibility index (Phi) is 7.61. The Morgan fingerprint density at radius 3 is 2.24 bits per heavy atom. The summed E-state index contributed by atoms with van der Waals surface area (Å²) in [6.45, 7) is 7.06. The maximum atomic E-state index is 12.1. The lowest BCUT2D eigenvalue weighted by Crippen LogP contribution is -2.40. The number of amides is 1. The third-order valence-corrected chi connectivity index (χ3v) is 3.00. The summed E-state index contributed by atoms with van der Waals surface area (Å²) in [5, 5.41) is 8.88. The molecule has 0 spiro atoms. The van der Waals surface area contributed by atoms with Crippen molar-refractivity contribution in [2.24, 2.45) is 0 Å². The molecule has 1 aromatic carbocycles. The average molecular weight is 295 g/mol. The van der Waals surface area contributed by atoms with Crippen molar-refractivity contribution in [2.75, 3.05) is 26.4 Å². The zero-order valence-corrected chi connectivity index (χ0v) is 13.0. The van der Waals surface area contributed by atoms with E-state index in [1.807, 2.05) is 32.9 Å². The van der Waals surface area contributed by atoms with Gasteiger partial charge < -0.3 is 19.5 Å². The largest absolute Gasteiger partial charge is 0.494 e. The van der Waals surface area contributed by atoms with Gasteiger partial charge in [-0.25, -0.2) is 0 Å². The van der Waals surface area contributed by atoms with E-state index in [-0.39, 0.29) is 25.2 Å². The van der Waals surface area contributed by atoms with Crippen LogP contribution in [0.5, 0.6) is 11.5 Å². The first-order valence-electron chi connectivity index (χ1n) is 7.34. The summed E-state index contributed by atoms with van der Waals surface area (Å²) < 4.78 is 10.8. The van der Waals surface area contributed by atoms with Crippen molar-refractivity contribution < 1.29 is 19.4 Å². The van der Waals surface area contributed by atoms with E-state index in [0.717, 1.165) is 5.75 Å². The number of benzene rings is 1. The molecular weight excluding hydrogens is 270 g/mol. The van der Waals surface area contributed by atoms with E-state index in [2.05, 4.69) is 0 Å². The summed E-state index contributed by atoms with van der Waals surface area (Å²) in [5.74, 6) is 1.34. The van der Waals surface area contributed by atoms with E-state index < -0.39 is 0 Å². The molecule has 0 aliphatic carbocycles. The quantitative estimate of drug-likeness (QED) is 0.758. The van der Waals surface area contributed by atoms with E-state index in [0.29, 0.717) is 25.3 Å². The summed E-state index contributed by atoms with van der Waals surface area (Å²) in [5.41, 5.74) is 0. The molecule has 0 aromatic heterocycles. The minimum Gasteiger partial charge on any atom is -0.494 e. The summed E-state index contributed by atoms with van der Waals surface area (Å²) in [4.78, 5) is 13.8. The molecule has 0 saturated carbocycles. The summed E-state index contributed by atoms with van der Waals surface area (Å²) in [6.07, 6.45) is 0.576. The second kappa shape index (κ2) is 9.23. The van der Waals surface area contributed by atoms with Crippen LogP contribution >= 0.6 is 0 Å². The van der Waals surface area contributed by atoms with Gasteiger partial charge in [0.1, 0.15) is 11.5 Å². The van der Waals surface area contributed by atoms with Gasteiger partial charge in [0.05, 0.1) is 6.61 Å². The summed E-state index contributed by atoms with van der Waals surface area (Å²) in [7, 11) is 0. The van der Waals surface area contributed by atoms with Crippen LogP contribution in [0.3, 0.4) is 0 Å². The van der Waals surface area contributed by atoms with Crippen molar-refractivity contribution in [3.63, 3.8) is 0 Å². The number of carbonyl (C=O) groups excluding carboxylic acids is 1. The molecule has 118 valence electrons. The number of hydrogen-bond acceptors (Lipinski definition) is 4. The fourth-order valence-corrected chi connectivity index (χ4v) is 1.94. The molecule has 21 heavy (non-hydrogen) atoms. The van der Waals surface area contributed by atoms with Gasteiger partial charge in [0, 0.05) is 19.2 Å². The molecule has 0 fully saturated rings. The molecule has 0 unspecified atom stereocenters. The van der Waals surface area contributed by atoms with E-state index in [1.165, 1.54) is 0 Å². The first kappa shape index (κ1) is 17.3. The molecule has 1 aromatic rings. The minimum atomic E-state index is -0.0765. The lowest BCUT2D eigenvalue weighted by atomic mass is 10.3. The third kappa shape index (κ3) is 6.04. The molecule has 0 heterocycles. The van der Waals surface area contributed by atoms with Gasteiger partial charge in [-0.3, -0.25) is 4.79 Å². The van der Waals surface area contributed by atoms with Gasteiger partial charge in [0.15, 0.2) is 6.61 Å². The molecule has 0 radical (unpaired) electrons. The first-order valence-corrected chi connectivity index (χ1v) is 7.34. The van der Waals surface area contributed by atoms with Crippen LogP contribution in [0.15, 0.2) is 24.3 Å². The van der Waals surface area contributed by atoms with Crippen molar-refractivity contribution in [2.45, 2.75) is 33.2 Å². The topological polar surface area (TPSA) is 59.0 Å².